The second kappa shape index (κ2) is 4.98. The smallest absolute Gasteiger partial charge is 0.257 e. The summed E-state index contributed by atoms with van der Waals surface area (Å²) < 4.78 is 0. The number of aryl methyl sites for hydroxylation is 1. The Kier molecular flexibility index (Phi) is 3.16. The van der Waals surface area contributed by atoms with E-state index in [1.54, 1.807) is 25.3 Å². The van der Waals surface area contributed by atoms with Gasteiger partial charge in [0.05, 0.1) is 16.9 Å². The predicted molar refractivity (Wildman–Crippen MR) is 80.2 cm³/mol. The number of hydrogen-bond acceptors (Lipinski definition) is 2. The Morgan fingerprint density at radius 1 is 1.25 bits per heavy atom. The fraction of sp³-hybridized carbons (Fsp3) is 0.0667. The largest absolute Gasteiger partial charge is 0.360 e. The summed E-state index contributed by atoms with van der Waals surface area (Å²) in [6.07, 6.45) is 1.71. The lowest BCUT2D eigenvalue weighted by Crippen LogP contribution is -2.12. The molecule has 0 unspecified atom stereocenters. The summed E-state index contributed by atoms with van der Waals surface area (Å²) in [6.45, 7) is 1.80. The van der Waals surface area contributed by atoms with E-state index in [-0.39, 0.29) is 5.91 Å². The third-order valence-electron chi connectivity index (χ3n) is 3.13. The Bertz CT molecular complexity index is 795. The first-order valence-corrected chi connectivity index (χ1v) is 6.53. The Morgan fingerprint density at radius 2 is 2.05 bits per heavy atom. The van der Waals surface area contributed by atoms with Crippen LogP contribution in [0.4, 0.5) is 5.69 Å². The number of rotatable bonds is 2. The molecule has 0 saturated heterocycles. The lowest BCUT2D eigenvalue weighted by atomic mass is 10.1. The molecule has 0 spiro atoms. The average molecular weight is 286 g/mol. The molecule has 1 amide bonds. The number of anilines is 1. The summed E-state index contributed by atoms with van der Waals surface area (Å²) in [5.74, 6) is -0.172. The van der Waals surface area contributed by atoms with E-state index in [0.717, 1.165) is 10.9 Å². The maximum atomic E-state index is 12.3. The summed E-state index contributed by atoms with van der Waals surface area (Å²) in [5, 5.41) is 4.15. The molecular formula is C15H12ClN3O. The van der Waals surface area contributed by atoms with Gasteiger partial charge in [0.1, 0.15) is 5.15 Å². The van der Waals surface area contributed by atoms with Crippen LogP contribution in [0, 0.1) is 6.92 Å². The van der Waals surface area contributed by atoms with Crippen molar-refractivity contribution in [1.29, 1.82) is 0 Å². The number of hydrogen-bond donors (Lipinski definition) is 2. The zero-order valence-corrected chi connectivity index (χ0v) is 11.5. The average Bonchev–Trinajstić information content (AvgIpc) is 2.86. The lowest BCUT2D eigenvalue weighted by Gasteiger charge is -2.07. The molecule has 3 rings (SSSR count). The van der Waals surface area contributed by atoms with Crippen LogP contribution in [-0.2, 0) is 0 Å². The quantitative estimate of drug-likeness (QED) is 0.704. The summed E-state index contributed by atoms with van der Waals surface area (Å²) in [7, 11) is 0. The molecule has 0 saturated carbocycles. The number of amides is 1. The van der Waals surface area contributed by atoms with E-state index in [1.807, 2.05) is 24.3 Å². The molecule has 0 aliphatic carbocycles. The molecular weight excluding hydrogens is 274 g/mol. The van der Waals surface area contributed by atoms with Crippen LogP contribution in [-0.4, -0.2) is 15.9 Å². The number of nitrogens with zero attached hydrogens (tertiary/aromatic N) is 1. The molecule has 0 bridgehead atoms. The number of para-hydroxylation sites is 1. The molecule has 0 atom stereocenters. The van der Waals surface area contributed by atoms with E-state index in [1.165, 1.54) is 0 Å². The minimum Gasteiger partial charge on any atom is -0.360 e. The minimum atomic E-state index is -0.172. The number of fused-ring (bicyclic) bond motifs is 1. The van der Waals surface area contributed by atoms with Gasteiger partial charge < -0.3 is 10.3 Å². The molecule has 0 aliphatic heterocycles. The lowest BCUT2D eigenvalue weighted by molar-refractivity contribution is 0.102. The summed E-state index contributed by atoms with van der Waals surface area (Å²) >= 11 is 5.80. The van der Waals surface area contributed by atoms with E-state index < -0.39 is 0 Å². The van der Waals surface area contributed by atoms with Gasteiger partial charge in [0.25, 0.3) is 5.91 Å². The van der Waals surface area contributed by atoms with E-state index in [0.29, 0.717) is 22.1 Å². The van der Waals surface area contributed by atoms with Crippen LogP contribution in [0.25, 0.3) is 10.9 Å². The van der Waals surface area contributed by atoms with Gasteiger partial charge in [0.15, 0.2) is 0 Å². The molecule has 4 nitrogen and oxygen atoms in total. The van der Waals surface area contributed by atoms with E-state index >= 15 is 0 Å². The van der Waals surface area contributed by atoms with Gasteiger partial charge in [-0.1, -0.05) is 29.8 Å². The third kappa shape index (κ3) is 2.26. The maximum Gasteiger partial charge on any atom is 0.257 e. The van der Waals surface area contributed by atoms with Gasteiger partial charge in [-0.3, -0.25) is 4.79 Å². The molecule has 5 heteroatoms. The van der Waals surface area contributed by atoms with Crippen molar-refractivity contribution < 1.29 is 4.79 Å². The summed E-state index contributed by atoms with van der Waals surface area (Å²) in [6, 6.07) is 11.1. The van der Waals surface area contributed by atoms with Crippen LogP contribution in [0.15, 0.2) is 42.6 Å². The zero-order valence-electron chi connectivity index (χ0n) is 10.8. The maximum absolute atomic E-state index is 12.3. The number of nitrogens with one attached hydrogen (secondary N) is 2. The molecule has 0 aliphatic rings. The first-order valence-electron chi connectivity index (χ1n) is 6.16. The predicted octanol–water partition coefficient (Wildman–Crippen LogP) is 3.78. The van der Waals surface area contributed by atoms with E-state index in [2.05, 4.69) is 15.3 Å². The fourth-order valence-electron chi connectivity index (χ4n) is 2.11. The molecule has 100 valence electrons. The van der Waals surface area contributed by atoms with Crippen LogP contribution in [0.2, 0.25) is 5.15 Å². The van der Waals surface area contributed by atoms with E-state index in [9.17, 15) is 4.79 Å². The van der Waals surface area contributed by atoms with Gasteiger partial charge in [0, 0.05) is 17.1 Å². The number of pyridine rings is 1. The Labute approximate surface area is 120 Å². The first kappa shape index (κ1) is 12.7. The first-order chi connectivity index (χ1) is 9.65. The highest BCUT2D eigenvalue weighted by Gasteiger charge is 2.13. The molecule has 2 heterocycles. The van der Waals surface area contributed by atoms with Crippen molar-refractivity contribution in [2.24, 2.45) is 0 Å². The second-order valence-corrected chi connectivity index (χ2v) is 4.86. The van der Waals surface area contributed by atoms with Gasteiger partial charge in [0.2, 0.25) is 0 Å². The van der Waals surface area contributed by atoms with Crippen molar-refractivity contribution in [3.8, 4) is 0 Å². The van der Waals surface area contributed by atoms with Crippen molar-refractivity contribution in [1.82, 2.24) is 9.97 Å². The molecule has 3 aromatic rings. The third-order valence-corrected chi connectivity index (χ3v) is 3.34. The van der Waals surface area contributed by atoms with Crippen molar-refractivity contribution >= 4 is 34.1 Å². The van der Waals surface area contributed by atoms with Crippen molar-refractivity contribution in [3.63, 3.8) is 0 Å². The van der Waals surface area contributed by atoms with Gasteiger partial charge >= 0.3 is 0 Å². The monoisotopic (exact) mass is 285 g/mol. The standard InChI is InChI=1S/C15H12ClN3O/c1-9-12(6-7-14(16)18-9)19-15(20)11-8-17-13-5-3-2-4-10(11)13/h2-8,17H,1H3,(H,19,20). The molecule has 2 N–H and O–H groups in total. The van der Waals surface area contributed by atoms with Gasteiger partial charge in [-0.05, 0) is 25.1 Å². The van der Waals surface area contributed by atoms with Crippen molar-refractivity contribution in [2.45, 2.75) is 6.92 Å². The Morgan fingerprint density at radius 3 is 2.85 bits per heavy atom. The number of carbonyl (C=O) groups excluding carboxylic acids is 1. The normalized spacial score (nSPS) is 10.7. The van der Waals surface area contributed by atoms with Crippen molar-refractivity contribution in [3.05, 3.63) is 59.0 Å². The van der Waals surface area contributed by atoms with Crippen LogP contribution in [0.1, 0.15) is 16.1 Å². The SMILES string of the molecule is Cc1nc(Cl)ccc1NC(=O)c1c[nH]c2ccccc12. The minimum absolute atomic E-state index is 0.172. The van der Waals surface area contributed by atoms with Crippen LogP contribution in [0.3, 0.4) is 0 Å². The number of benzene rings is 1. The van der Waals surface area contributed by atoms with Crippen LogP contribution < -0.4 is 5.32 Å². The second-order valence-electron chi connectivity index (χ2n) is 4.47. The number of halogens is 1. The summed E-state index contributed by atoms with van der Waals surface area (Å²) in [4.78, 5) is 19.5. The topological polar surface area (TPSA) is 57.8 Å². The molecule has 1 aromatic carbocycles. The van der Waals surface area contributed by atoms with Gasteiger partial charge in [-0.15, -0.1) is 0 Å². The zero-order chi connectivity index (χ0) is 14.1. The van der Waals surface area contributed by atoms with Crippen LogP contribution in [0.5, 0.6) is 0 Å². The Hall–Kier alpha value is -2.33. The highest BCUT2D eigenvalue weighted by molar-refractivity contribution is 6.29. The van der Waals surface area contributed by atoms with E-state index in [4.69, 9.17) is 11.6 Å². The molecule has 2 aromatic heterocycles. The molecule has 0 fully saturated rings. The molecule has 0 radical (unpaired) electrons. The number of carbonyl (C=O) groups is 1. The van der Waals surface area contributed by atoms with Crippen LogP contribution >= 0.6 is 11.6 Å². The summed E-state index contributed by atoms with van der Waals surface area (Å²) in [5.41, 5.74) is 2.88. The molecule has 20 heavy (non-hydrogen) atoms. The highest BCUT2D eigenvalue weighted by Crippen LogP contribution is 2.21. The fourth-order valence-corrected chi connectivity index (χ4v) is 2.30. The van der Waals surface area contributed by atoms with Crippen molar-refractivity contribution in [2.75, 3.05) is 5.32 Å². The number of H-pyrrole nitrogens is 1. The Balaban J connectivity index is 1.93. The van der Waals surface area contributed by atoms with Gasteiger partial charge in [-0.2, -0.15) is 0 Å². The van der Waals surface area contributed by atoms with Gasteiger partial charge in [-0.25, -0.2) is 4.98 Å². The number of aromatic amines is 1. The number of aromatic nitrogens is 2. The highest BCUT2D eigenvalue weighted by atomic mass is 35.5.